The summed E-state index contributed by atoms with van der Waals surface area (Å²) in [6, 6.07) is 4.27. The number of hydrogen-bond donors (Lipinski definition) is 0. The molecule has 0 radical (unpaired) electrons. The van der Waals surface area contributed by atoms with Crippen LogP contribution in [0.3, 0.4) is 0 Å². The van der Waals surface area contributed by atoms with E-state index in [2.05, 4.69) is 15.9 Å². The highest BCUT2D eigenvalue weighted by molar-refractivity contribution is 9.09. The van der Waals surface area contributed by atoms with Crippen molar-refractivity contribution < 1.29 is 13.9 Å². The Bertz CT molecular complexity index is 426. The van der Waals surface area contributed by atoms with Crippen LogP contribution in [0.25, 0.3) is 0 Å². The normalized spacial score (nSPS) is 10.3. The fourth-order valence-corrected chi connectivity index (χ4v) is 2.14. The van der Waals surface area contributed by atoms with E-state index in [1.807, 2.05) is 0 Å². The number of benzene rings is 1. The van der Waals surface area contributed by atoms with Crippen LogP contribution in [0.2, 0.25) is 0 Å². The molecule has 1 aromatic rings. The summed E-state index contributed by atoms with van der Waals surface area (Å²) >= 11 is 3.37. The van der Waals surface area contributed by atoms with Crippen molar-refractivity contribution in [2.24, 2.45) is 0 Å². The van der Waals surface area contributed by atoms with E-state index in [0.29, 0.717) is 12.1 Å². The maximum absolute atomic E-state index is 13.5. The Hall–Kier alpha value is -1.10. The molecule has 0 aliphatic rings. The Labute approximate surface area is 121 Å². The third-order valence-electron chi connectivity index (χ3n) is 2.87. The number of hydrogen-bond acceptors (Lipinski definition) is 2. The lowest BCUT2D eigenvalue weighted by Gasteiger charge is -2.17. The fraction of sp³-hybridized carbons (Fsp3) is 0.500. The van der Waals surface area contributed by atoms with Crippen LogP contribution in [-0.2, 0) is 0 Å². The number of halogens is 2. The number of ether oxygens (including phenoxy) is 1. The molecule has 0 N–H and O–H groups in total. The molecule has 0 fully saturated rings. The number of unbranched alkanes of at least 4 members (excludes halogenated alkanes) is 2. The van der Waals surface area contributed by atoms with Crippen LogP contribution >= 0.6 is 15.9 Å². The van der Waals surface area contributed by atoms with Gasteiger partial charge in [0.25, 0.3) is 5.91 Å². The lowest BCUT2D eigenvalue weighted by molar-refractivity contribution is 0.0792. The van der Waals surface area contributed by atoms with E-state index in [-0.39, 0.29) is 11.7 Å². The van der Waals surface area contributed by atoms with E-state index in [0.717, 1.165) is 24.6 Å². The van der Waals surface area contributed by atoms with Crippen molar-refractivity contribution in [3.8, 4) is 5.75 Å². The lowest BCUT2D eigenvalue weighted by atomic mass is 10.1. The third-order valence-corrected chi connectivity index (χ3v) is 3.43. The lowest BCUT2D eigenvalue weighted by Crippen LogP contribution is -2.27. The summed E-state index contributed by atoms with van der Waals surface area (Å²) in [4.78, 5) is 13.7. The predicted molar refractivity (Wildman–Crippen MR) is 77.6 cm³/mol. The van der Waals surface area contributed by atoms with Gasteiger partial charge in [0, 0.05) is 24.5 Å². The summed E-state index contributed by atoms with van der Waals surface area (Å²) in [5.41, 5.74) is 0.348. The smallest absolute Gasteiger partial charge is 0.253 e. The second-order valence-electron chi connectivity index (χ2n) is 4.33. The average molecular weight is 332 g/mol. The minimum absolute atomic E-state index is 0.150. The molecule has 0 saturated heterocycles. The van der Waals surface area contributed by atoms with Gasteiger partial charge in [0.05, 0.1) is 7.11 Å². The molecule has 19 heavy (non-hydrogen) atoms. The third kappa shape index (κ3) is 4.82. The molecular weight excluding hydrogens is 313 g/mol. The van der Waals surface area contributed by atoms with Gasteiger partial charge < -0.3 is 9.64 Å². The van der Waals surface area contributed by atoms with Gasteiger partial charge in [0.1, 0.15) is 0 Å². The van der Waals surface area contributed by atoms with Gasteiger partial charge in [-0.25, -0.2) is 4.39 Å². The molecule has 1 rings (SSSR count). The topological polar surface area (TPSA) is 29.5 Å². The predicted octanol–water partition coefficient (Wildman–Crippen LogP) is 3.47. The Kier molecular flexibility index (Phi) is 6.84. The van der Waals surface area contributed by atoms with Gasteiger partial charge in [0.15, 0.2) is 11.6 Å². The number of amides is 1. The first kappa shape index (κ1) is 16.0. The largest absolute Gasteiger partial charge is 0.494 e. The zero-order valence-electron chi connectivity index (χ0n) is 11.3. The second-order valence-corrected chi connectivity index (χ2v) is 5.12. The molecule has 0 spiro atoms. The van der Waals surface area contributed by atoms with Crippen molar-refractivity contribution in [2.45, 2.75) is 19.3 Å². The number of carbonyl (C=O) groups excluding carboxylic acids is 1. The molecular formula is C14H19BrFNO2. The summed E-state index contributed by atoms with van der Waals surface area (Å²) in [7, 11) is 3.13. The molecule has 0 atom stereocenters. The van der Waals surface area contributed by atoms with Crippen LogP contribution in [0.15, 0.2) is 18.2 Å². The maximum Gasteiger partial charge on any atom is 0.253 e. The minimum atomic E-state index is -0.513. The highest BCUT2D eigenvalue weighted by Gasteiger charge is 2.13. The first-order valence-corrected chi connectivity index (χ1v) is 7.37. The average Bonchev–Trinajstić information content (AvgIpc) is 2.42. The summed E-state index contributed by atoms with van der Waals surface area (Å²) in [6.07, 6.45) is 3.12. The first-order valence-electron chi connectivity index (χ1n) is 6.25. The molecule has 0 unspecified atom stereocenters. The highest BCUT2D eigenvalue weighted by atomic mass is 79.9. The quantitative estimate of drug-likeness (QED) is 0.565. The molecule has 106 valence electrons. The van der Waals surface area contributed by atoms with Crippen LogP contribution in [0.1, 0.15) is 29.6 Å². The summed E-state index contributed by atoms with van der Waals surface area (Å²) < 4.78 is 18.4. The van der Waals surface area contributed by atoms with Crippen molar-refractivity contribution in [3.63, 3.8) is 0 Å². The van der Waals surface area contributed by atoms with E-state index in [1.165, 1.54) is 19.2 Å². The number of carbonyl (C=O) groups is 1. The molecule has 5 heteroatoms. The molecule has 3 nitrogen and oxygen atoms in total. The van der Waals surface area contributed by atoms with E-state index >= 15 is 0 Å². The minimum Gasteiger partial charge on any atom is -0.494 e. The molecule has 1 amide bonds. The first-order chi connectivity index (χ1) is 9.10. The van der Waals surface area contributed by atoms with Crippen LogP contribution in [0, 0.1) is 5.82 Å². The van der Waals surface area contributed by atoms with Crippen molar-refractivity contribution in [1.29, 1.82) is 0 Å². The zero-order valence-corrected chi connectivity index (χ0v) is 12.9. The van der Waals surface area contributed by atoms with E-state index in [1.54, 1.807) is 18.0 Å². The molecule has 0 aliphatic carbocycles. The van der Waals surface area contributed by atoms with Gasteiger partial charge >= 0.3 is 0 Å². The second kappa shape index (κ2) is 8.15. The Balaban J connectivity index is 2.59. The molecule has 0 saturated carbocycles. The van der Waals surface area contributed by atoms with Gasteiger partial charge in [-0.2, -0.15) is 0 Å². The monoisotopic (exact) mass is 331 g/mol. The zero-order chi connectivity index (χ0) is 14.3. The van der Waals surface area contributed by atoms with Gasteiger partial charge in [-0.1, -0.05) is 22.4 Å². The van der Waals surface area contributed by atoms with E-state index < -0.39 is 5.82 Å². The van der Waals surface area contributed by atoms with Gasteiger partial charge in [-0.05, 0) is 31.0 Å². The van der Waals surface area contributed by atoms with Crippen molar-refractivity contribution in [2.75, 3.05) is 26.0 Å². The van der Waals surface area contributed by atoms with Gasteiger partial charge in [-0.15, -0.1) is 0 Å². The maximum atomic E-state index is 13.5. The van der Waals surface area contributed by atoms with E-state index in [9.17, 15) is 9.18 Å². The van der Waals surface area contributed by atoms with Crippen LogP contribution in [0.5, 0.6) is 5.75 Å². The number of methoxy groups -OCH3 is 1. The van der Waals surface area contributed by atoms with Gasteiger partial charge in [0.2, 0.25) is 0 Å². The molecule has 0 heterocycles. The van der Waals surface area contributed by atoms with Crippen LogP contribution < -0.4 is 4.74 Å². The highest BCUT2D eigenvalue weighted by Crippen LogP contribution is 2.18. The summed E-state index contributed by atoms with van der Waals surface area (Å²) in [6.45, 7) is 0.680. The Morgan fingerprint density at radius 3 is 2.68 bits per heavy atom. The molecule has 0 aliphatic heterocycles. The van der Waals surface area contributed by atoms with Crippen molar-refractivity contribution in [1.82, 2.24) is 4.90 Å². The Morgan fingerprint density at radius 1 is 1.37 bits per heavy atom. The standard InChI is InChI=1S/C14H19BrFNO2/c1-17(9-5-3-4-8-15)14(18)11-6-7-13(19-2)12(16)10-11/h6-7,10H,3-5,8-9H2,1-2H3. The van der Waals surface area contributed by atoms with E-state index in [4.69, 9.17) is 4.74 Å². The SMILES string of the molecule is COc1ccc(C(=O)N(C)CCCCCBr)cc1F. The van der Waals surface area contributed by atoms with Crippen molar-refractivity contribution >= 4 is 21.8 Å². The van der Waals surface area contributed by atoms with Crippen LogP contribution in [0.4, 0.5) is 4.39 Å². The molecule has 0 aromatic heterocycles. The number of alkyl halides is 1. The number of rotatable bonds is 7. The Morgan fingerprint density at radius 2 is 2.11 bits per heavy atom. The molecule has 0 bridgehead atoms. The summed E-state index contributed by atoms with van der Waals surface area (Å²) in [5, 5.41) is 0.981. The van der Waals surface area contributed by atoms with Gasteiger partial charge in [-0.3, -0.25) is 4.79 Å². The van der Waals surface area contributed by atoms with Crippen molar-refractivity contribution in [3.05, 3.63) is 29.6 Å². The number of nitrogens with zero attached hydrogens (tertiary/aromatic N) is 1. The summed E-state index contributed by atoms with van der Waals surface area (Å²) in [5.74, 6) is -0.530. The van der Waals surface area contributed by atoms with Crippen LogP contribution in [-0.4, -0.2) is 36.8 Å². The fourth-order valence-electron chi connectivity index (χ4n) is 1.74. The molecule has 1 aromatic carbocycles.